The number of nitrogens with zero attached hydrogens (tertiary/aromatic N) is 1. The molecule has 5 heteroatoms. The zero-order valence-electron chi connectivity index (χ0n) is 11.8. The van der Waals surface area contributed by atoms with Gasteiger partial charge in [0.15, 0.2) is 0 Å². The first kappa shape index (κ1) is 14.7. The van der Waals surface area contributed by atoms with Crippen molar-refractivity contribution in [1.29, 1.82) is 0 Å². The number of carbonyl (C=O) groups excluding carboxylic acids is 1. The van der Waals surface area contributed by atoms with Crippen LogP contribution in [0.5, 0.6) is 0 Å². The van der Waals surface area contributed by atoms with Crippen LogP contribution in [0.15, 0.2) is 29.6 Å². The van der Waals surface area contributed by atoms with Gasteiger partial charge in [-0.3, -0.25) is 9.63 Å². The van der Waals surface area contributed by atoms with Gasteiger partial charge in [-0.25, -0.2) is 10.5 Å². The zero-order valence-corrected chi connectivity index (χ0v) is 12.7. The van der Waals surface area contributed by atoms with Gasteiger partial charge in [0.2, 0.25) is 0 Å². The number of rotatable bonds is 5. The van der Waals surface area contributed by atoms with E-state index < -0.39 is 0 Å². The summed E-state index contributed by atoms with van der Waals surface area (Å²) in [6.45, 7) is 6.56. The Kier molecular flexibility index (Phi) is 4.87. The lowest BCUT2D eigenvalue weighted by molar-refractivity contribution is 0.0360. The van der Waals surface area contributed by atoms with Crippen molar-refractivity contribution in [2.75, 3.05) is 6.61 Å². The summed E-state index contributed by atoms with van der Waals surface area (Å²) in [4.78, 5) is 20.9. The van der Waals surface area contributed by atoms with E-state index in [9.17, 15) is 4.79 Å². The maximum Gasteiger partial charge on any atom is 0.294 e. The van der Waals surface area contributed by atoms with Crippen molar-refractivity contribution >= 4 is 17.2 Å². The SMILES string of the molecule is CCONC(=O)c1csc(-c2ccc(C(C)C)cc2)n1. The Morgan fingerprint density at radius 1 is 1.35 bits per heavy atom. The quantitative estimate of drug-likeness (QED) is 0.856. The first-order chi connectivity index (χ1) is 9.61. The third-order valence-corrected chi connectivity index (χ3v) is 3.76. The number of carbonyl (C=O) groups is 1. The smallest absolute Gasteiger partial charge is 0.274 e. The molecule has 1 aromatic heterocycles. The van der Waals surface area contributed by atoms with Crippen molar-refractivity contribution in [3.8, 4) is 10.6 Å². The third kappa shape index (κ3) is 3.43. The molecule has 1 amide bonds. The van der Waals surface area contributed by atoms with E-state index in [1.807, 2.05) is 19.1 Å². The van der Waals surface area contributed by atoms with Gasteiger partial charge in [0, 0.05) is 10.9 Å². The molecule has 1 aromatic carbocycles. The number of hydrogen-bond acceptors (Lipinski definition) is 4. The molecule has 0 fully saturated rings. The Bertz CT molecular complexity index is 576. The molecule has 0 radical (unpaired) electrons. The van der Waals surface area contributed by atoms with Crippen molar-refractivity contribution in [3.05, 3.63) is 40.9 Å². The lowest BCUT2D eigenvalue weighted by Gasteiger charge is -2.05. The van der Waals surface area contributed by atoms with Crippen LogP contribution in [0.2, 0.25) is 0 Å². The maximum absolute atomic E-state index is 11.7. The maximum atomic E-state index is 11.7. The van der Waals surface area contributed by atoms with E-state index in [1.54, 1.807) is 5.38 Å². The van der Waals surface area contributed by atoms with Gasteiger partial charge in [-0.15, -0.1) is 11.3 Å². The first-order valence-corrected chi connectivity index (χ1v) is 7.47. The molecule has 2 aromatic rings. The second kappa shape index (κ2) is 6.63. The van der Waals surface area contributed by atoms with Crippen molar-refractivity contribution in [1.82, 2.24) is 10.5 Å². The minimum atomic E-state index is -0.312. The van der Waals surface area contributed by atoms with Crippen LogP contribution in [-0.2, 0) is 4.84 Å². The van der Waals surface area contributed by atoms with Crippen LogP contribution in [0.3, 0.4) is 0 Å². The van der Waals surface area contributed by atoms with E-state index >= 15 is 0 Å². The van der Waals surface area contributed by atoms with Crippen LogP contribution in [0, 0.1) is 0 Å². The second-order valence-electron chi connectivity index (χ2n) is 4.68. The molecule has 106 valence electrons. The molecular formula is C15H18N2O2S. The summed E-state index contributed by atoms with van der Waals surface area (Å²) in [5.41, 5.74) is 5.04. The molecule has 0 saturated carbocycles. The summed E-state index contributed by atoms with van der Waals surface area (Å²) in [6, 6.07) is 8.28. The van der Waals surface area contributed by atoms with Crippen LogP contribution in [-0.4, -0.2) is 17.5 Å². The molecule has 0 aliphatic heterocycles. The second-order valence-corrected chi connectivity index (χ2v) is 5.54. The lowest BCUT2D eigenvalue weighted by atomic mass is 10.0. The molecule has 0 spiro atoms. The average Bonchev–Trinajstić information content (AvgIpc) is 2.94. The van der Waals surface area contributed by atoms with E-state index in [1.165, 1.54) is 16.9 Å². The number of amides is 1. The molecule has 4 nitrogen and oxygen atoms in total. The fourth-order valence-corrected chi connectivity index (χ4v) is 2.52. The number of thiazole rings is 1. The van der Waals surface area contributed by atoms with Crippen molar-refractivity contribution in [2.24, 2.45) is 0 Å². The van der Waals surface area contributed by atoms with E-state index in [0.717, 1.165) is 10.6 Å². The molecule has 20 heavy (non-hydrogen) atoms. The lowest BCUT2D eigenvalue weighted by Crippen LogP contribution is -2.23. The van der Waals surface area contributed by atoms with Gasteiger partial charge in [0.1, 0.15) is 10.7 Å². The molecule has 0 atom stereocenters. The minimum absolute atomic E-state index is 0.312. The van der Waals surface area contributed by atoms with Crippen LogP contribution < -0.4 is 5.48 Å². The molecule has 0 aliphatic rings. The van der Waals surface area contributed by atoms with Gasteiger partial charge in [-0.05, 0) is 18.4 Å². The van der Waals surface area contributed by atoms with Crippen LogP contribution in [0.4, 0.5) is 0 Å². The van der Waals surface area contributed by atoms with Gasteiger partial charge >= 0.3 is 0 Å². The summed E-state index contributed by atoms with van der Waals surface area (Å²) >= 11 is 1.45. The number of aromatic nitrogens is 1. The minimum Gasteiger partial charge on any atom is -0.274 e. The predicted octanol–water partition coefficient (Wildman–Crippen LogP) is 3.61. The number of benzene rings is 1. The van der Waals surface area contributed by atoms with E-state index in [2.05, 4.69) is 36.4 Å². The fraction of sp³-hybridized carbons (Fsp3) is 0.333. The molecule has 0 unspecified atom stereocenters. The Hall–Kier alpha value is -1.72. The third-order valence-electron chi connectivity index (χ3n) is 2.87. The standard InChI is InChI=1S/C15H18N2O2S/c1-4-19-17-14(18)13-9-20-15(16-13)12-7-5-11(6-8-12)10(2)3/h5-10H,4H2,1-3H3,(H,17,18). The highest BCUT2D eigenvalue weighted by Gasteiger charge is 2.11. The van der Waals surface area contributed by atoms with Crippen LogP contribution in [0.1, 0.15) is 42.7 Å². The summed E-state index contributed by atoms with van der Waals surface area (Å²) in [5.74, 6) is 0.195. The van der Waals surface area contributed by atoms with E-state index in [-0.39, 0.29) is 5.91 Å². The Labute approximate surface area is 122 Å². The molecule has 2 rings (SSSR count). The normalized spacial score (nSPS) is 10.8. The van der Waals surface area contributed by atoms with Crippen LogP contribution >= 0.6 is 11.3 Å². The summed E-state index contributed by atoms with van der Waals surface area (Å²) in [6.07, 6.45) is 0. The highest BCUT2D eigenvalue weighted by atomic mass is 32.1. The number of hydrogen-bond donors (Lipinski definition) is 1. The van der Waals surface area contributed by atoms with Crippen LogP contribution in [0.25, 0.3) is 10.6 Å². The van der Waals surface area contributed by atoms with Gasteiger partial charge < -0.3 is 0 Å². The van der Waals surface area contributed by atoms with Crippen molar-refractivity contribution in [3.63, 3.8) is 0 Å². The Balaban J connectivity index is 2.14. The predicted molar refractivity (Wildman–Crippen MR) is 80.7 cm³/mol. The number of nitrogens with one attached hydrogen (secondary N) is 1. The van der Waals surface area contributed by atoms with E-state index in [4.69, 9.17) is 4.84 Å². The van der Waals surface area contributed by atoms with Crippen molar-refractivity contribution < 1.29 is 9.63 Å². The molecular weight excluding hydrogens is 272 g/mol. The molecule has 0 saturated heterocycles. The molecule has 1 heterocycles. The zero-order chi connectivity index (χ0) is 14.5. The molecule has 1 N–H and O–H groups in total. The molecule has 0 aliphatic carbocycles. The van der Waals surface area contributed by atoms with Gasteiger partial charge in [0.05, 0.1) is 6.61 Å². The largest absolute Gasteiger partial charge is 0.294 e. The first-order valence-electron chi connectivity index (χ1n) is 6.59. The summed E-state index contributed by atoms with van der Waals surface area (Å²) < 4.78 is 0. The fourth-order valence-electron chi connectivity index (χ4n) is 1.71. The van der Waals surface area contributed by atoms with Gasteiger partial charge in [-0.1, -0.05) is 38.1 Å². The van der Waals surface area contributed by atoms with Gasteiger partial charge in [-0.2, -0.15) is 0 Å². The van der Waals surface area contributed by atoms with Gasteiger partial charge in [0.25, 0.3) is 5.91 Å². The highest BCUT2D eigenvalue weighted by molar-refractivity contribution is 7.13. The summed E-state index contributed by atoms with van der Waals surface area (Å²) in [7, 11) is 0. The monoisotopic (exact) mass is 290 g/mol. The highest BCUT2D eigenvalue weighted by Crippen LogP contribution is 2.25. The summed E-state index contributed by atoms with van der Waals surface area (Å²) in [5, 5.41) is 2.57. The molecule has 0 bridgehead atoms. The average molecular weight is 290 g/mol. The Morgan fingerprint density at radius 3 is 2.65 bits per heavy atom. The topological polar surface area (TPSA) is 51.2 Å². The Morgan fingerprint density at radius 2 is 2.05 bits per heavy atom. The number of hydroxylamine groups is 1. The van der Waals surface area contributed by atoms with Crippen molar-refractivity contribution in [2.45, 2.75) is 26.7 Å². The van der Waals surface area contributed by atoms with E-state index in [0.29, 0.717) is 18.2 Å².